The second-order valence-corrected chi connectivity index (χ2v) is 4.17. The molecule has 1 aromatic heterocycles. The van der Waals surface area contributed by atoms with Crippen LogP contribution in [0, 0.1) is 17.5 Å². The number of hydrogen-bond acceptors (Lipinski definition) is 1. The summed E-state index contributed by atoms with van der Waals surface area (Å²) in [7, 11) is 0. The number of benzene rings is 2. The standard InChI is InChI=1S/C15H8F3N/c16-10-5-9(6-11(17)7-10)12-1-2-15(18)14-8-19-4-3-13(12)14/h1-8H. The molecular weight excluding hydrogens is 251 g/mol. The van der Waals surface area contributed by atoms with Gasteiger partial charge in [0.25, 0.3) is 0 Å². The van der Waals surface area contributed by atoms with Gasteiger partial charge in [0.15, 0.2) is 0 Å². The maximum Gasteiger partial charge on any atom is 0.132 e. The minimum absolute atomic E-state index is 0.324. The summed E-state index contributed by atoms with van der Waals surface area (Å²) in [5.41, 5.74) is 0.936. The van der Waals surface area contributed by atoms with Crippen molar-refractivity contribution in [2.45, 2.75) is 0 Å². The molecule has 0 aliphatic heterocycles. The van der Waals surface area contributed by atoms with Gasteiger partial charge in [-0.2, -0.15) is 0 Å². The van der Waals surface area contributed by atoms with Crippen LogP contribution in [0.4, 0.5) is 13.2 Å². The highest BCUT2D eigenvalue weighted by molar-refractivity contribution is 5.96. The number of rotatable bonds is 1. The van der Waals surface area contributed by atoms with Crippen molar-refractivity contribution in [1.82, 2.24) is 4.98 Å². The van der Waals surface area contributed by atoms with Gasteiger partial charge in [-0.1, -0.05) is 6.07 Å². The Bertz CT molecular complexity index is 748. The van der Waals surface area contributed by atoms with Gasteiger partial charge in [-0.15, -0.1) is 0 Å². The summed E-state index contributed by atoms with van der Waals surface area (Å²) in [6.45, 7) is 0. The van der Waals surface area contributed by atoms with Crippen molar-refractivity contribution in [1.29, 1.82) is 0 Å². The summed E-state index contributed by atoms with van der Waals surface area (Å²) < 4.78 is 40.2. The van der Waals surface area contributed by atoms with Crippen LogP contribution in [-0.4, -0.2) is 4.98 Å². The van der Waals surface area contributed by atoms with E-state index in [9.17, 15) is 13.2 Å². The zero-order chi connectivity index (χ0) is 13.4. The smallest absolute Gasteiger partial charge is 0.132 e. The van der Waals surface area contributed by atoms with E-state index >= 15 is 0 Å². The van der Waals surface area contributed by atoms with E-state index in [-0.39, 0.29) is 0 Å². The predicted octanol–water partition coefficient (Wildman–Crippen LogP) is 4.32. The quantitative estimate of drug-likeness (QED) is 0.634. The molecule has 0 N–H and O–H groups in total. The molecule has 0 saturated carbocycles. The number of fused-ring (bicyclic) bond motifs is 1. The van der Waals surface area contributed by atoms with Crippen LogP contribution in [0.1, 0.15) is 0 Å². The lowest BCUT2D eigenvalue weighted by atomic mass is 9.99. The van der Waals surface area contributed by atoms with E-state index < -0.39 is 17.5 Å². The highest BCUT2D eigenvalue weighted by atomic mass is 19.1. The predicted molar refractivity (Wildman–Crippen MR) is 67.1 cm³/mol. The Morgan fingerprint density at radius 3 is 2.26 bits per heavy atom. The van der Waals surface area contributed by atoms with Gasteiger partial charge in [0.2, 0.25) is 0 Å². The van der Waals surface area contributed by atoms with Crippen molar-refractivity contribution >= 4 is 10.8 Å². The monoisotopic (exact) mass is 259 g/mol. The molecule has 0 aliphatic rings. The Balaban J connectivity index is 2.34. The lowest BCUT2D eigenvalue weighted by Crippen LogP contribution is -1.88. The van der Waals surface area contributed by atoms with Crippen LogP contribution < -0.4 is 0 Å². The van der Waals surface area contributed by atoms with Gasteiger partial charge in [0.05, 0.1) is 0 Å². The zero-order valence-corrected chi connectivity index (χ0v) is 9.70. The maximum absolute atomic E-state index is 13.7. The second kappa shape index (κ2) is 4.39. The number of aromatic nitrogens is 1. The summed E-state index contributed by atoms with van der Waals surface area (Å²) in [6.07, 6.45) is 2.91. The summed E-state index contributed by atoms with van der Waals surface area (Å²) in [6, 6.07) is 7.63. The molecule has 19 heavy (non-hydrogen) atoms. The Hall–Kier alpha value is -2.36. The number of halogens is 3. The Kier molecular flexibility index (Phi) is 2.71. The molecule has 0 spiro atoms. The third kappa shape index (κ3) is 2.05. The molecule has 0 amide bonds. The van der Waals surface area contributed by atoms with Crippen LogP contribution in [0.2, 0.25) is 0 Å². The Morgan fingerprint density at radius 1 is 0.789 bits per heavy atom. The van der Waals surface area contributed by atoms with E-state index in [0.717, 1.165) is 6.07 Å². The highest BCUT2D eigenvalue weighted by Gasteiger charge is 2.09. The van der Waals surface area contributed by atoms with E-state index in [0.29, 0.717) is 21.9 Å². The Labute approximate surface area is 107 Å². The van der Waals surface area contributed by atoms with E-state index in [1.165, 1.54) is 36.7 Å². The highest BCUT2D eigenvalue weighted by Crippen LogP contribution is 2.30. The molecule has 0 saturated heterocycles. The van der Waals surface area contributed by atoms with Gasteiger partial charge in [-0.3, -0.25) is 4.98 Å². The number of hydrogen-bond donors (Lipinski definition) is 0. The van der Waals surface area contributed by atoms with E-state index in [1.54, 1.807) is 6.07 Å². The van der Waals surface area contributed by atoms with E-state index in [4.69, 9.17) is 0 Å². The minimum Gasteiger partial charge on any atom is -0.264 e. The molecule has 4 heteroatoms. The van der Waals surface area contributed by atoms with Gasteiger partial charge in [0, 0.05) is 23.8 Å². The zero-order valence-electron chi connectivity index (χ0n) is 9.70. The van der Waals surface area contributed by atoms with Crippen molar-refractivity contribution in [3.8, 4) is 11.1 Å². The third-order valence-electron chi connectivity index (χ3n) is 2.94. The van der Waals surface area contributed by atoms with Crippen LogP contribution in [-0.2, 0) is 0 Å². The molecule has 0 bridgehead atoms. The molecule has 0 unspecified atom stereocenters. The summed E-state index contributed by atoms with van der Waals surface area (Å²) in [4.78, 5) is 3.86. The normalized spacial score (nSPS) is 10.9. The summed E-state index contributed by atoms with van der Waals surface area (Å²) in [5, 5.41) is 0.893. The van der Waals surface area contributed by atoms with Gasteiger partial charge in [0.1, 0.15) is 17.5 Å². The fraction of sp³-hybridized carbons (Fsp3) is 0. The first-order chi connectivity index (χ1) is 9.15. The minimum atomic E-state index is -0.665. The molecule has 3 aromatic rings. The fourth-order valence-electron chi connectivity index (χ4n) is 2.12. The van der Waals surface area contributed by atoms with E-state index in [2.05, 4.69) is 4.98 Å². The molecule has 94 valence electrons. The number of pyridine rings is 1. The van der Waals surface area contributed by atoms with Gasteiger partial charge < -0.3 is 0 Å². The first-order valence-electron chi connectivity index (χ1n) is 5.64. The van der Waals surface area contributed by atoms with Crippen LogP contribution in [0.3, 0.4) is 0 Å². The van der Waals surface area contributed by atoms with Crippen LogP contribution >= 0.6 is 0 Å². The van der Waals surface area contributed by atoms with Crippen LogP contribution in [0.15, 0.2) is 48.8 Å². The third-order valence-corrected chi connectivity index (χ3v) is 2.94. The topological polar surface area (TPSA) is 12.9 Å². The van der Waals surface area contributed by atoms with Crippen molar-refractivity contribution < 1.29 is 13.2 Å². The average Bonchev–Trinajstić information content (AvgIpc) is 2.38. The number of nitrogens with zero attached hydrogens (tertiary/aromatic N) is 1. The van der Waals surface area contributed by atoms with Crippen molar-refractivity contribution in [2.75, 3.05) is 0 Å². The molecule has 1 nitrogen and oxygen atoms in total. The lowest BCUT2D eigenvalue weighted by molar-refractivity contribution is 0.584. The van der Waals surface area contributed by atoms with Gasteiger partial charge >= 0.3 is 0 Å². The van der Waals surface area contributed by atoms with Crippen LogP contribution in [0.5, 0.6) is 0 Å². The Morgan fingerprint density at radius 2 is 1.53 bits per heavy atom. The van der Waals surface area contributed by atoms with Crippen molar-refractivity contribution in [3.05, 3.63) is 66.2 Å². The molecular formula is C15H8F3N. The maximum atomic E-state index is 13.7. The first-order valence-corrected chi connectivity index (χ1v) is 5.64. The molecule has 0 atom stereocenters. The molecule has 0 fully saturated rings. The average molecular weight is 259 g/mol. The van der Waals surface area contributed by atoms with Crippen molar-refractivity contribution in [3.63, 3.8) is 0 Å². The van der Waals surface area contributed by atoms with Crippen LogP contribution in [0.25, 0.3) is 21.9 Å². The molecule has 3 rings (SSSR count). The second-order valence-electron chi connectivity index (χ2n) is 4.17. The fourth-order valence-corrected chi connectivity index (χ4v) is 2.12. The molecule has 1 heterocycles. The first kappa shape index (κ1) is 11.7. The van der Waals surface area contributed by atoms with Crippen molar-refractivity contribution in [2.24, 2.45) is 0 Å². The van der Waals surface area contributed by atoms with E-state index in [1.807, 2.05) is 0 Å². The molecule has 0 radical (unpaired) electrons. The SMILES string of the molecule is Fc1cc(F)cc(-c2ccc(F)c3cnccc23)c1. The summed E-state index contributed by atoms with van der Waals surface area (Å²) >= 11 is 0. The van der Waals surface area contributed by atoms with Gasteiger partial charge in [-0.25, -0.2) is 13.2 Å². The molecule has 2 aromatic carbocycles. The summed E-state index contributed by atoms with van der Waals surface area (Å²) in [5.74, 6) is -1.74. The largest absolute Gasteiger partial charge is 0.264 e. The van der Waals surface area contributed by atoms with Gasteiger partial charge in [-0.05, 0) is 40.8 Å². The lowest BCUT2D eigenvalue weighted by Gasteiger charge is -2.07. The molecule has 0 aliphatic carbocycles.